The second kappa shape index (κ2) is 12.4. The molecule has 6 heteroatoms. The summed E-state index contributed by atoms with van der Waals surface area (Å²) >= 11 is 0. The number of ether oxygens (including phenoxy) is 1. The number of furan rings is 1. The van der Waals surface area contributed by atoms with Gasteiger partial charge in [0, 0.05) is 18.2 Å². The third kappa shape index (κ3) is 6.78. The van der Waals surface area contributed by atoms with E-state index < -0.39 is 0 Å². The first-order valence-electron chi connectivity index (χ1n) is 12.9. The van der Waals surface area contributed by atoms with Crippen LogP contribution in [-0.4, -0.2) is 47.9 Å². The molecule has 6 nitrogen and oxygen atoms in total. The third-order valence-electron chi connectivity index (χ3n) is 6.93. The molecule has 0 N–H and O–H groups in total. The fourth-order valence-electron chi connectivity index (χ4n) is 4.86. The van der Waals surface area contributed by atoms with Gasteiger partial charge in [-0.3, -0.25) is 9.59 Å². The zero-order chi connectivity index (χ0) is 25.3. The molecule has 0 saturated heterocycles. The number of hydrogen-bond donors (Lipinski definition) is 0. The highest BCUT2D eigenvalue weighted by molar-refractivity contribution is 5.96. The number of hydrogen-bond acceptors (Lipinski definition) is 4. The van der Waals surface area contributed by atoms with Crippen molar-refractivity contribution in [2.45, 2.75) is 58.0 Å². The average molecular weight is 489 g/mol. The molecular weight excluding hydrogens is 452 g/mol. The van der Waals surface area contributed by atoms with Gasteiger partial charge in [0.25, 0.3) is 5.91 Å². The fourth-order valence-corrected chi connectivity index (χ4v) is 4.86. The van der Waals surface area contributed by atoms with Crippen LogP contribution in [0.15, 0.2) is 71.1 Å². The van der Waals surface area contributed by atoms with Crippen LogP contribution in [-0.2, 0) is 17.8 Å². The fraction of sp³-hybridized carbons (Fsp3) is 0.400. The van der Waals surface area contributed by atoms with Crippen LogP contribution >= 0.6 is 0 Å². The molecule has 2 amide bonds. The zero-order valence-corrected chi connectivity index (χ0v) is 21.3. The summed E-state index contributed by atoms with van der Waals surface area (Å²) in [5.74, 6) is 2.11. The Morgan fingerprint density at radius 3 is 2.31 bits per heavy atom. The van der Waals surface area contributed by atoms with Crippen molar-refractivity contribution in [1.82, 2.24) is 9.80 Å². The zero-order valence-electron chi connectivity index (χ0n) is 21.3. The minimum absolute atomic E-state index is 0.0595. The lowest BCUT2D eigenvalue weighted by Crippen LogP contribution is -2.48. The van der Waals surface area contributed by atoms with Crippen LogP contribution in [0.25, 0.3) is 0 Å². The average Bonchev–Trinajstić information content (AvgIpc) is 3.34. The maximum atomic E-state index is 13.7. The van der Waals surface area contributed by atoms with E-state index >= 15 is 0 Å². The number of rotatable bonds is 10. The summed E-state index contributed by atoms with van der Waals surface area (Å²) in [4.78, 5) is 31.0. The van der Waals surface area contributed by atoms with Gasteiger partial charge in [-0.2, -0.15) is 0 Å². The van der Waals surface area contributed by atoms with Crippen LogP contribution in [0.5, 0.6) is 5.75 Å². The number of nitrogens with zero attached hydrogens (tertiary/aromatic N) is 2. The van der Waals surface area contributed by atoms with E-state index in [0.29, 0.717) is 24.4 Å². The van der Waals surface area contributed by atoms with E-state index in [0.717, 1.165) is 43.6 Å². The van der Waals surface area contributed by atoms with Crippen LogP contribution in [0.2, 0.25) is 0 Å². The lowest BCUT2D eigenvalue weighted by Gasteiger charge is -2.35. The van der Waals surface area contributed by atoms with E-state index in [2.05, 4.69) is 12.1 Å². The summed E-state index contributed by atoms with van der Waals surface area (Å²) in [7, 11) is 1.61. The number of aryl methyl sites for hydroxylation is 1. The topological polar surface area (TPSA) is 63.0 Å². The first kappa shape index (κ1) is 25.5. The van der Waals surface area contributed by atoms with Gasteiger partial charge >= 0.3 is 0 Å². The smallest absolute Gasteiger partial charge is 0.254 e. The van der Waals surface area contributed by atoms with Gasteiger partial charge in [0.1, 0.15) is 23.8 Å². The van der Waals surface area contributed by atoms with E-state index in [4.69, 9.17) is 9.15 Å². The van der Waals surface area contributed by atoms with Gasteiger partial charge in [0.05, 0.1) is 13.7 Å². The minimum Gasteiger partial charge on any atom is -0.497 e. The lowest BCUT2D eigenvalue weighted by molar-refractivity contribution is -0.133. The van der Waals surface area contributed by atoms with Gasteiger partial charge in [-0.1, -0.05) is 49.6 Å². The SMILES string of the molecule is COc1ccc(C(=O)N(CC(=O)N(CCc2ccccc2)Cc2ccc(C)o2)C2CCCCC2)cc1. The number of benzene rings is 2. The molecule has 1 saturated carbocycles. The van der Waals surface area contributed by atoms with Crippen molar-refractivity contribution in [3.63, 3.8) is 0 Å². The highest BCUT2D eigenvalue weighted by Crippen LogP contribution is 2.25. The van der Waals surface area contributed by atoms with Crippen molar-refractivity contribution in [3.05, 3.63) is 89.4 Å². The molecule has 0 atom stereocenters. The van der Waals surface area contributed by atoms with Gasteiger partial charge in [0.2, 0.25) is 5.91 Å². The molecule has 1 aromatic heterocycles. The molecule has 1 aliphatic carbocycles. The molecule has 1 aliphatic rings. The Labute approximate surface area is 213 Å². The molecule has 1 fully saturated rings. The normalized spacial score (nSPS) is 13.8. The van der Waals surface area contributed by atoms with E-state index in [1.54, 1.807) is 36.3 Å². The van der Waals surface area contributed by atoms with Crippen molar-refractivity contribution in [2.24, 2.45) is 0 Å². The Hall–Kier alpha value is -3.54. The maximum absolute atomic E-state index is 13.7. The molecule has 0 radical (unpaired) electrons. The van der Waals surface area contributed by atoms with Crippen molar-refractivity contribution in [3.8, 4) is 5.75 Å². The highest BCUT2D eigenvalue weighted by atomic mass is 16.5. The quantitative estimate of drug-likeness (QED) is 0.370. The Morgan fingerprint density at radius 2 is 1.67 bits per heavy atom. The number of carbonyl (C=O) groups excluding carboxylic acids is 2. The lowest BCUT2D eigenvalue weighted by atomic mass is 9.93. The van der Waals surface area contributed by atoms with Gasteiger partial charge in [-0.25, -0.2) is 0 Å². The van der Waals surface area contributed by atoms with Gasteiger partial charge in [-0.05, 0) is 68.1 Å². The Kier molecular flexibility index (Phi) is 8.82. The maximum Gasteiger partial charge on any atom is 0.254 e. The molecule has 2 aromatic carbocycles. The Bertz CT molecular complexity index is 1120. The first-order valence-corrected chi connectivity index (χ1v) is 12.9. The summed E-state index contributed by atoms with van der Waals surface area (Å²) in [6.07, 6.45) is 5.93. The number of methoxy groups -OCH3 is 1. The molecular formula is C30H36N2O4. The van der Waals surface area contributed by atoms with Crippen LogP contribution in [0.4, 0.5) is 0 Å². The molecule has 36 heavy (non-hydrogen) atoms. The Morgan fingerprint density at radius 1 is 0.944 bits per heavy atom. The summed E-state index contributed by atoms with van der Waals surface area (Å²) < 4.78 is 11.0. The van der Waals surface area contributed by atoms with Crippen molar-refractivity contribution in [1.29, 1.82) is 0 Å². The van der Waals surface area contributed by atoms with Crippen molar-refractivity contribution in [2.75, 3.05) is 20.2 Å². The third-order valence-corrected chi connectivity index (χ3v) is 6.93. The summed E-state index contributed by atoms with van der Waals surface area (Å²) in [6, 6.07) is 21.2. The van der Waals surface area contributed by atoms with E-state index in [1.165, 1.54) is 12.0 Å². The van der Waals surface area contributed by atoms with Gasteiger partial charge in [0.15, 0.2) is 0 Å². The molecule has 3 aromatic rings. The second-order valence-electron chi connectivity index (χ2n) is 9.52. The molecule has 0 spiro atoms. The highest BCUT2D eigenvalue weighted by Gasteiger charge is 2.30. The van der Waals surface area contributed by atoms with E-state index in [-0.39, 0.29) is 24.4 Å². The summed E-state index contributed by atoms with van der Waals surface area (Å²) in [6.45, 7) is 2.90. The first-order chi connectivity index (χ1) is 17.5. The predicted octanol–water partition coefficient (Wildman–Crippen LogP) is 5.64. The monoisotopic (exact) mass is 488 g/mol. The van der Waals surface area contributed by atoms with Gasteiger partial charge in [-0.15, -0.1) is 0 Å². The molecule has 1 heterocycles. The minimum atomic E-state index is -0.102. The molecule has 0 bridgehead atoms. The van der Waals surface area contributed by atoms with Crippen molar-refractivity contribution >= 4 is 11.8 Å². The van der Waals surface area contributed by atoms with Crippen LogP contribution in [0.1, 0.15) is 59.5 Å². The molecule has 4 rings (SSSR count). The standard InChI is InChI=1S/C30H36N2O4/c1-23-13-16-28(36-23)21-31(20-19-24-9-5-3-6-10-24)29(33)22-32(26-11-7-4-8-12-26)30(34)25-14-17-27(35-2)18-15-25/h3,5-6,9-10,13-18,26H,4,7-8,11-12,19-22H2,1-2H3. The van der Waals surface area contributed by atoms with E-state index in [1.807, 2.05) is 42.2 Å². The molecule has 190 valence electrons. The number of amides is 2. The number of carbonyl (C=O) groups is 2. The van der Waals surface area contributed by atoms with E-state index in [9.17, 15) is 9.59 Å². The molecule has 0 unspecified atom stereocenters. The predicted molar refractivity (Wildman–Crippen MR) is 140 cm³/mol. The summed E-state index contributed by atoms with van der Waals surface area (Å²) in [5.41, 5.74) is 1.75. The second-order valence-corrected chi connectivity index (χ2v) is 9.52. The van der Waals surface area contributed by atoms with Crippen molar-refractivity contribution < 1.29 is 18.7 Å². The summed E-state index contributed by atoms with van der Waals surface area (Å²) in [5, 5.41) is 0. The van der Waals surface area contributed by atoms with Gasteiger partial charge < -0.3 is 19.0 Å². The van der Waals surface area contributed by atoms with Crippen LogP contribution in [0, 0.1) is 6.92 Å². The van der Waals surface area contributed by atoms with Crippen LogP contribution in [0.3, 0.4) is 0 Å². The van der Waals surface area contributed by atoms with Crippen LogP contribution < -0.4 is 4.74 Å². The Balaban J connectivity index is 1.54. The molecule has 0 aliphatic heterocycles. The largest absolute Gasteiger partial charge is 0.497 e.